The third kappa shape index (κ3) is 5.38. The highest BCUT2D eigenvalue weighted by Crippen LogP contribution is 2.19. The first-order chi connectivity index (χ1) is 11.1. The SMILES string of the molecule is CCOC(=O)C1CCCN(C(=O)CCCc2ccc(C)cc2)C1. The maximum atomic E-state index is 12.3. The van der Waals surface area contributed by atoms with Crippen molar-refractivity contribution in [1.82, 2.24) is 4.90 Å². The van der Waals surface area contributed by atoms with Gasteiger partial charge < -0.3 is 9.64 Å². The summed E-state index contributed by atoms with van der Waals surface area (Å²) in [6.45, 7) is 5.57. The second kappa shape index (κ2) is 8.70. The minimum atomic E-state index is -0.162. The molecular weight excluding hydrogens is 290 g/mol. The number of hydrogen-bond acceptors (Lipinski definition) is 3. The summed E-state index contributed by atoms with van der Waals surface area (Å²) >= 11 is 0. The lowest BCUT2D eigenvalue weighted by Gasteiger charge is -2.31. The molecule has 0 aromatic heterocycles. The number of aryl methyl sites for hydroxylation is 2. The lowest BCUT2D eigenvalue weighted by atomic mass is 9.97. The highest BCUT2D eigenvalue weighted by atomic mass is 16.5. The van der Waals surface area contributed by atoms with E-state index < -0.39 is 0 Å². The molecule has 1 fully saturated rings. The molecule has 1 atom stereocenters. The molecule has 0 bridgehead atoms. The molecule has 0 spiro atoms. The Kier molecular flexibility index (Phi) is 6.63. The average molecular weight is 317 g/mol. The molecule has 23 heavy (non-hydrogen) atoms. The number of piperidine rings is 1. The van der Waals surface area contributed by atoms with Gasteiger partial charge in [0.15, 0.2) is 0 Å². The van der Waals surface area contributed by atoms with E-state index in [1.54, 1.807) is 0 Å². The predicted molar refractivity (Wildman–Crippen MR) is 90.1 cm³/mol. The number of benzene rings is 1. The Morgan fingerprint density at radius 2 is 2.00 bits per heavy atom. The van der Waals surface area contributed by atoms with Crippen LogP contribution < -0.4 is 0 Å². The van der Waals surface area contributed by atoms with Crippen molar-refractivity contribution in [3.63, 3.8) is 0 Å². The van der Waals surface area contributed by atoms with E-state index in [4.69, 9.17) is 4.74 Å². The maximum absolute atomic E-state index is 12.3. The van der Waals surface area contributed by atoms with Crippen molar-refractivity contribution < 1.29 is 14.3 Å². The van der Waals surface area contributed by atoms with Crippen LogP contribution in [0.3, 0.4) is 0 Å². The molecule has 1 aliphatic rings. The van der Waals surface area contributed by atoms with Crippen molar-refractivity contribution in [2.45, 2.75) is 46.0 Å². The van der Waals surface area contributed by atoms with Crippen LogP contribution in [-0.2, 0) is 20.7 Å². The van der Waals surface area contributed by atoms with Gasteiger partial charge in [-0.2, -0.15) is 0 Å². The largest absolute Gasteiger partial charge is 0.466 e. The first kappa shape index (κ1) is 17.5. The predicted octanol–water partition coefficient (Wildman–Crippen LogP) is 3.12. The summed E-state index contributed by atoms with van der Waals surface area (Å²) in [5.41, 5.74) is 2.52. The van der Waals surface area contributed by atoms with E-state index in [0.717, 1.165) is 32.2 Å². The molecule has 1 amide bonds. The van der Waals surface area contributed by atoms with Gasteiger partial charge >= 0.3 is 5.97 Å². The standard InChI is InChI=1S/C19H27NO3/c1-3-23-19(22)17-7-5-13-20(14-17)18(21)8-4-6-16-11-9-15(2)10-12-16/h9-12,17H,3-8,13-14H2,1-2H3. The van der Waals surface area contributed by atoms with E-state index in [1.807, 2.05) is 11.8 Å². The zero-order valence-corrected chi connectivity index (χ0v) is 14.2. The van der Waals surface area contributed by atoms with E-state index in [-0.39, 0.29) is 17.8 Å². The summed E-state index contributed by atoms with van der Waals surface area (Å²) in [6.07, 6.45) is 4.02. The van der Waals surface area contributed by atoms with Gasteiger partial charge in [0.1, 0.15) is 0 Å². The molecule has 0 N–H and O–H groups in total. The van der Waals surface area contributed by atoms with Crippen LogP contribution in [0.4, 0.5) is 0 Å². The van der Waals surface area contributed by atoms with Crippen molar-refractivity contribution in [1.29, 1.82) is 0 Å². The molecule has 1 saturated heterocycles. The number of carbonyl (C=O) groups is 2. The molecule has 4 nitrogen and oxygen atoms in total. The number of amides is 1. The summed E-state index contributed by atoms with van der Waals surface area (Å²) in [5, 5.41) is 0. The normalized spacial score (nSPS) is 17.8. The van der Waals surface area contributed by atoms with E-state index in [2.05, 4.69) is 31.2 Å². The van der Waals surface area contributed by atoms with E-state index in [9.17, 15) is 9.59 Å². The molecule has 0 radical (unpaired) electrons. The van der Waals surface area contributed by atoms with Gasteiger partial charge in [0, 0.05) is 19.5 Å². The number of hydrogen-bond donors (Lipinski definition) is 0. The zero-order valence-electron chi connectivity index (χ0n) is 14.2. The zero-order chi connectivity index (χ0) is 16.7. The van der Waals surface area contributed by atoms with Crippen LogP contribution in [0.2, 0.25) is 0 Å². The van der Waals surface area contributed by atoms with E-state index >= 15 is 0 Å². The molecule has 126 valence electrons. The fourth-order valence-corrected chi connectivity index (χ4v) is 3.01. The van der Waals surface area contributed by atoms with E-state index in [1.165, 1.54) is 11.1 Å². The van der Waals surface area contributed by atoms with Crippen LogP contribution in [0.5, 0.6) is 0 Å². The van der Waals surface area contributed by atoms with Crippen LogP contribution in [0.15, 0.2) is 24.3 Å². The Hall–Kier alpha value is -1.84. The minimum absolute atomic E-state index is 0.148. The van der Waals surface area contributed by atoms with Crippen LogP contribution >= 0.6 is 0 Å². The van der Waals surface area contributed by atoms with E-state index in [0.29, 0.717) is 19.6 Å². The highest BCUT2D eigenvalue weighted by molar-refractivity contribution is 5.78. The van der Waals surface area contributed by atoms with Crippen molar-refractivity contribution in [3.8, 4) is 0 Å². The first-order valence-electron chi connectivity index (χ1n) is 8.60. The quantitative estimate of drug-likeness (QED) is 0.757. The van der Waals surface area contributed by atoms with Gasteiger partial charge in [-0.1, -0.05) is 29.8 Å². The molecule has 4 heteroatoms. The van der Waals surface area contributed by atoms with Crippen molar-refractivity contribution in [3.05, 3.63) is 35.4 Å². The monoisotopic (exact) mass is 317 g/mol. The Morgan fingerprint density at radius 1 is 1.26 bits per heavy atom. The second-order valence-electron chi connectivity index (χ2n) is 6.27. The van der Waals surface area contributed by atoms with Gasteiger partial charge in [0.05, 0.1) is 12.5 Å². The number of carbonyl (C=O) groups excluding carboxylic acids is 2. The third-order valence-corrected chi connectivity index (χ3v) is 4.37. The third-order valence-electron chi connectivity index (χ3n) is 4.37. The summed E-state index contributed by atoms with van der Waals surface area (Å²) < 4.78 is 5.08. The molecule has 2 rings (SSSR count). The van der Waals surface area contributed by atoms with Crippen molar-refractivity contribution >= 4 is 11.9 Å². The number of rotatable bonds is 6. The minimum Gasteiger partial charge on any atom is -0.466 e. The fourth-order valence-electron chi connectivity index (χ4n) is 3.01. The first-order valence-corrected chi connectivity index (χ1v) is 8.60. The molecule has 1 heterocycles. The number of ether oxygens (including phenoxy) is 1. The molecule has 1 unspecified atom stereocenters. The summed E-state index contributed by atoms with van der Waals surface area (Å²) in [6, 6.07) is 8.45. The van der Waals surface area contributed by atoms with Crippen LogP contribution in [0.1, 0.15) is 43.7 Å². The molecule has 0 saturated carbocycles. The maximum Gasteiger partial charge on any atom is 0.310 e. The van der Waals surface area contributed by atoms with Crippen LogP contribution in [0, 0.1) is 12.8 Å². The topological polar surface area (TPSA) is 46.6 Å². The second-order valence-corrected chi connectivity index (χ2v) is 6.27. The molecule has 1 aromatic carbocycles. The van der Waals surface area contributed by atoms with Crippen molar-refractivity contribution in [2.24, 2.45) is 5.92 Å². The van der Waals surface area contributed by atoms with Crippen molar-refractivity contribution in [2.75, 3.05) is 19.7 Å². The van der Waals surface area contributed by atoms with Gasteiger partial charge in [0.25, 0.3) is 0 Å². The van der Waals surface area contributed by atoms with Gasteiger partial charge in [-0.25, -0.2) is 0 Å². The Labute approximate surface area is 138 Å². The van der Waals surface area contributed by atoms with Gasteiger partial charge in [-0.05, 0) is 45.1 Å². The van der Waals surface area contributed by atoms with Gasteiger partial charge in [0.2, 0.25) is 5.91 Å². The summed E-state index contributed by atoms with van der Waals surface area (Å²) in [7, 11) is 0. The molecule has 1 aromatic rings. The van der Waals surface area contributed by atoms with Gasteiger partial charge in [-0.15, -0.1) is 0 Å². The Balaban J connectivity index is 1.76. The Morgan fingerprint density at radius 3 is 2.70 bits per heavy atom. The van der Waals surface area contributed by atoms with Crippen LogP contribution in [0.25, 0.3) is 0 Å². The molecule has 1 aliphatic heterocycles. The molecular formula is C19H27NO3. The fraction of sp³-hybridized carbons (Fsp3) is 0.579. The lowest BCUT2D eigenvalue weighted by Crippen LogP contribution is -2.42. The van der Waals surface area contributed by atoms with Crippen LogP contribution in [-0.4, -0.2) is 36.5 Å². The number of nitrogens with zero attached hydrogens (tertiary/aromatic N) is 1. The summed E-state index contributed by atoms with van der Waals surface area (Å²) in [5.74, 6) is -0.152. The lowest BCUT2D eigenvalue weighted by molar-refractivity contribution is -0.151. The molecule has 0 aliphatic carbocycles. The van der Waals surface area contributed by atoms with Gasteiger partial charge in [-0.3, -0.25) is 9.59 Å². The Bertz CT molecular complexity index is 524. The highest BCUT2D eigenvalue weighted by Gasteiger charge is 2.28. The number of esters is 1. The average Bonchev–Trinajstić information content (AvgIpc) is 2.57. The smallest absolute Gasteiger partial charge is 0.310 e. The summed E-state index contributed by atoms with van der Waals surface area (Å²) in [4.78, 5) is 26.0. The number of likely N-dealkylation sites (tertiary alicyclic amines) is 1.